The van der Waals surface area contributed by atoms with Crippen molar-refractivity contribution in [1.29, 1.82) is 0 Å². The SMILES string of the molecule is CCNC(=O)CCN1CCN[C@@H](C)C1. The molecule has 1 aliphatic rings. The average Bonchev–Trinajstić information content (AvgIpc) is 2.15. The maximum absolute atomic E-state index is 11.2. The van der Waals surface area contributed by atoms with Gasteiger partial charge in [0.15, 0.2) is 0 Å². The topological polar surface area (TPSA) is 44.4 Å². The van der Waals surface area contributed by atoms with Crippen LogP contribution in [0, 0.1) is 0 Å². The molecule has 0 bridgehead atoms. The summed E-state index contributed by atoms with van der Waals surface area (Å²) in [5, 5.41) is 6.20. The lowest BCUT2D eigenvalue weighted by atomic mass is 10.2. The second-order valence-corrected chi connectivity index (χ2v) is 3.86. The summed E-state index contributed by atoms with van der Waals surface area (Å²) in [5.41, 5.74) is 0. The molecule has 1 saturated heterocycles. The highest BCUT2D eigenvalue weighted by Crippen LogP contribution is 1.99. The molecular formula is C10H21N3O. The van der Waals surface area contributed by atoms with Gasteiger partial charge in [0.05, 0.1) is 0 Å². The van der Waals surface area contributed by atoms with Crippen LogP contribution in [0.25, 0.3) is 0 Å². The van der Waals surface area contributed by atoms with Crippen LogP contribution in [0.4, 0.5) is 0 Å². The Kier molecular flexibility index (Phi) is 4.90. The molecule has 4 heteroatoms. The number of nitrogens with one attached hydrogen (secondary N) is 2. The van der Waals surface area contributed by atoms with Crippen LogP contribution in [0.2, 0.25) is 0 Å². The first-order valence-electron chi connectivity index (χ1n) is 5.44. The maximum atomic E-state index is 11.2. The molecule has 1 heterocycles. The van der Waals surface area contributed by atoms with Crippen molar-refractivity contribution in [3.05, 3.63) is 0 Å². The van der Waals surface area contributed by atoms with Crippen molar-refractivity contribution in [3.63, 3.8) is 0 Å². The van der Waals surface area contributed by atoms with E-state index in [9.17, 15) is 4.79 Å². The van der Waals surface area contributed by atoms with Gasteiger partial charge in [0, 0.05) is 45.2 Å². The average molecular weight is 199 g/mol. The molecule has 0 aromatic heterocycles. The molecule has 2 N–H and O–H groups in total. The van der Waals surface area contributed by atoms with Crippen molar-refractivity contribution in [2.75, 3.05) is 32.7 Å². The third-order valence-electron chi connectivity index (χ3n) is 2.48. The molecule has 0 aromatic carbocycles. The second-order valence-electron chi connectivity index (χ2n) is 3.86. The minimum Gasteiger partial charge on any atom is -0.356 e. The van der Waals surface area contributed by atoms with Crippen molar-refractivity contribution in [2.45, 2.75) is 26.3 Å². The molecule has 0 unspecified atom stereocenters. The molecule has 1 aliphatic heterocycles. The number of amides is 1. The largest absolute Gasteiger partial charge is 0.356 e. The Morgan fingerprint density at radius 2 is 2.43 bits per heavy atom. The molecule has 0 aliphatic carbocycles. The molecule has 14 heavy (non-hydrogen) atoms. The highest BCUT2D eigenvalue weighted by molar-refractivity contribution is 5.75. The van der Waals surface area contributed by atoms with E-state index in [4.69, 9.17) is 0 Å². The zero-order chi connectivity index (χ0) is 10.4. The summed E-state index contributed by atoms with van der Waals surface area (Å²) >= 11 is 0. The summed E-state index contributed by atoms with van der Waals surface area (Å²) in [4.78, 5) is 13.6. The molecule has 1 atom stereocenters. The van der Waals surface area contributed by atoms with Gasteiger partial charge in [0.25, 0.3) is 0 Å². The van der Waals surface area contributed by atoms with Gasteiger partial charge in [0.2, 0.25) is 5.91 Å². The van der Waals surface area contributed by atoms with Crippen LogP contribution in [0.3, 0.4) is 0 Å². The molecule has 1 amide bonds. The third-order valence-corrected chi connectivity index (χ3v) is 2.48. The number of rotatable bonds is 4. The molecular weight excluding hydrogens is 178 g/mol. The summed E-state index contributed by atoms with van der Waals surface area (Å²) < 4.78 is 0. The van der Waals surface area contributed by atoms with Gasteiger partial charge in [-0.2, -0.15) is 0 Å². The number of piperazine rings is 1. The smallest absolute Gasteiger partial charge is 0.221 e. The highest BCUT2D eigenvalue weighted by Gasteiger charge is 2.15. The number of carbonyl (C=O) groups excluding carboxylic acids is 1. The van der Waals surface area contributed by atoms with E-state index in [1.165, 1.54) is 0 Å². The van der Waals surface area contributed by atoms with Crippen molar-refractivity contribution < 1.29 is 4.79 Å². The van der Waals surface area contributed by atoms with E-state index in [1.54, 1.807) is 0 Å². The summed E-state index contributed by atoms with van der Waals surface area (Å²) in [5.74, 6) is 0.165. The van der Waals surface area contributed by atoms with Gasteiger partial charge in [-0.1, -0.05) is 0 Å². The van der Waals surface area contributed by atoms with Crippen molar-refractivity contribution in [1.82, 2.24) is 15.5 Å². The Balaban J connectivity index is 2.14. The van der Waals surface area contributed by atoms with Gasteiger partial charge >= 0.3 is 0 Å². The first-order valence-corrected chi connectivity index (χ1v) is 5.44. The van der Waals surface area contributed by atoms with Crippen molar-refractivity contribution in [3.8, 4) is 0 Å². The Morgan fingerprint density at radius 3 is 3.07 bits per heavy atom. The van der Waals surface area contributed by atoms with Crippen LogP contribution in [0.15, 0.2) is 0 Å². The van der Waals surface area contributed by atoms with Gasteiger partial charge in [-0.3, -0.25) is 4.79 Å². The number of hydrogen-bond donors (Lipinski definition) is 2. The highest BCUT2D eigenvalue weighted by atomic mass is 16.1. The van der Waals surface area contributed by atoms with Crippen LogP contribution in [-0.2, 0) is 4.79 Å². The lowest BCUT2D eigenvalue weighted by Gasteiger charge is -2.31. The lowest BCUT2D eigenvalue weighted by Crippen LogP contribution is -2.49. The van der Waals surface area contributed by atoms with Crippen molar-refractivity contribution in [2.24, 2.45) is 0 Å². The van der Waals surface area contributed by atoms with E-state index in [2.05, 4.69) is 22.5 Å². The van der Waals surface area contributed by atoms with Gasteiger partial charge in [-0.25, -0.2) is 0 Å². The minimum absolute atomic E-state index is 0.165. The van der Waals surface area contributed by atoms with Gasteiger partial charge < -0.3 is 15.5 Å². The van der Waals surface area contributed by atoms with Gasteiger partial charge in [-0.15, -0.1) is 0 Å². The van der Waals surface area contributed by atoms with Crippen LogP contribution in [0.1, 0.15) is 20.3 Å². The molecule has 1 rings (SSSR count). The molecule has 1 fully saturated rings. The van der Waals surface area contributed by atoms with E-state index in [-0.39, 0.29) is 5.91 Å². The van der Waals surface area contributed by atoms with Crippen LogP contribution < -0.4 is 10.6 Å². The monoisotopic (exact) mass is 199 g/mol. The van der Waals surface area contributed by atoms with E-state index in [0.29, 0.717) is 12.5 Å². The van der Waals surface area contributed by atoms with Gasteiger partial charge in [0.1, 0.15) is 0 Å². The van der Waals surface area contributed by atoms with Crippen LogP contribution in [-0.4, -0.2) is 49.6 Å². The number of carbonyl (C=O) groups is 1. The molecule has 4 nitrogen and oxygen atoms in total. The first kappa shape index (κ1) is 11.5. The van der Waals surface area contributed by atoms with E-state index in [0.717, 1.165) is 32.7 Å². The normalized spacial score (nSPS) is 23.4. The molecule has 82 valence electrons. The Morgan fingerprint density at radius 1 is 1.64 bits per heavy atom. The predicted octanol–water partition coefficient (Wildman–Crippen LogP) is -0.194. The first-order chi connectivity index (χ1) is 6.72. The zero-order valence-corrected chi connectivity index (χ0v) is 9.18. The fraction of sp³-hybridized carbons (Fsp3) is 0.900. The molecule has 0 spiro atoms. The Hall–Kier alpha value is -0.610. The quantitative estimate of drug-likeness (QED) is 0.659. The summed E-state index contributed by atoms with van der Waals surface area (Å²) in [6.07, 6.45) is 0.626. The molecule has 0 aromatic rings. The van der Waals surface area contributed by atoms with E-state index in [1.807, 2.05) is 6.92 Å². The van der Waals surface area contributed by atoms with Crippen LogP contribution in [0.5, 0.6) is 0 Å². The van der Waals surface area contributed by atoms with Crippen LogP contribution >= 0.6 is 0 Å². The number of hydrogen-bond acceptors (Lipinski definition) is 3. The summed E-state index contributed by atoms with van der Waals surface area (Å²) in [6, 6.07) is 0.554. The molecule has 0 saturated carbocycles. The summed E-state index contributed by atoms with van der Waals surface area (Å²) in [7, 11) is 0. The summed E-state index contributed by atoms with van der Waals surface area (Å²) in [6.45, 7) is 8.90. The third kappa shape index (κ3) is 4.07. The Bertz CT molecular complexity index is 184. The standard InChI is InChI=1S/C10H21N3O/c1-3-11-10(14)4-6-13-7-5-12-9(2)8-13/h9,12H,3-8H2,1-2H3,(H,11,14)/t9-/m0/s1. The van der Waals surface area contributed by atoms with E-state index < -0.39 is 0 Å². The van der Waals surface area contributed by atoms with E-state index >= 15 is 0 Å². The van der Waals surface area contributed by atoms with Crippen molar-refractivity contribution >= 4 is 5.91 Å². The predicted molar refractivity (Wildman–Crippen MR) is 57.2 cm³/mol. The Labute approximate surface area is 86.0 Å². The fourth-order valence-electron chi connectivity index (χ4n) is 1.76. The lowest BCUT2D eigenvalue weighted by molar-refractivity contribution is -0.121. The van der Waals surface area contributed by atoms with Gasteiger partial charge in [-0.05, 0) is 13.8 Å². The molecule has 0 radical (unpaired) electrons. The maximum Gasteiger partial charge on any atom is 0.221 e. The minimum atomic E-state index is 0.165. The zero-order valence-electron chi connectivity index (χ0n) is 9.18. The number of nitrogens with zero attached hydrogens (tertiary/aromatic N) is 1. The fourth-order valence-corrected chi connectivity index (χ4v) is 1.76. The second kappa shape index (κ2) is 5.98.